The highest BCUT2D eigenvalue weighted by Gasteiger charge is 2.21. The Hall–Kier alpha value is -2.35. The second-order valence-electron chi connectivity index (χ2n) is 5.60. The molecule has 0 unspecified atom stereocenters. The van der Waals surface area contributed by atoms with Gasteiger partial charge in [0.2, 0.25) is 0 Å². The molecule has 1 heterocycles. The Morgan fingerprint density at radius 2 is 1.52 bits per heavy atom. The third kappa shape index (κ3) is 2.89. The quantitative estimate of drug-likeness (QED) is 0.636. The largest absolute Gasteiger partial charge is 0.289 e. The summed E-state index contributed by atoms with van der Waals surface area (Å²) in [6.07, 6.45) is 4.35. The zero-order valence-corrected chi connectivity index (χ0v) is 12.6. The van der Waals surface area contributed by atoms with Crippen LogP contribution in [0.1, 0.15) is 25.5 Å². The van der Waals surface area contributed by atoms with Crippen LogP contribution in [0, 0.1) is 0 Å². The Morgan fingerprint density at radius 3 is 2.14 bits per heavy atom. The van der Waals surface area contributed by atoms with Crippen LogP contribution in [-0.2, 0) is 6.54 Å². The van der Waals surface area contributed by atoms with Gasteiger partial charge >= 0.3 is 0 Å². The third-order valence-electron chi connectivity index (χ3n) is 3.71. The third-order valence-corrected chi connectivity index (χ3v) is 3.71. The molecule has 0 aliphatic rings. The summed E-state index contributed by atoms with van der Waals surface area (Å²) in [7, 11) is 0. The van der Waals surface area contributed by atoms with E-state index in [1.54, 1.807) is 0 Å². The molecular weight excluding hydrogens is 256 g/mol. The summed E-state index contributed by atoms with van der Waals surface area (Å²) >= 11 is 0. The first-order chi connectivity index (χ1) is 10.3. The summed E-state index contributed by atoms with van der Waals surface area (Å²) in [4.78, 5) is 0. The Morgan fingerprint density at radius 1 is 0.905 bits per heavy atom. The van der Waals surface area contributed by atoms with Crippen molar-refractivity contribution in [2.24, 2.45) is 0 Å². The molecule has 2 aromatic carbocycles. The van der Waals surface area contributed by atoms with E-state index in [1.165, 1.54) is 17.0 Å². The number of rotatable bonds is 4. The van der Waals surface area contributed by atoms with Gasteiger partial charge in [-0.1, -0.05) is 48.5 Å². The van der Waals surface area contributed by atoms with E-state index >= 15 is 0 Å². The maximum absolute atomic E-state index is 2.33. The van der Waals surface area contributed by atoms with Crippen LogP contribution in [0.2, 0.25) is 0 Å². The smallest absolute Gasteiger partial charge is 0.228 e. The number of hydrogen-bond donors (Lipinski definition) is 0. The van der Waals surface area contributed by atoms with Crippen LogP contribution >= 0.6 is 0 Å². The Balaban J connectivity index is 2.05. The molecule has 0 radical (unpaired) electrons. The lowest BCUT2D eigenvalue weighted by Gasteiger charge is -2.08. The second kappa shape index (κ2) is 5.96. The van der Waals surface area contributed by atoms with Crippen molar-refractivity contribution in [2.45, 2.75) is 26.4 Å². The van der Waals surface area contributed by atoms with E-state index in [0.717, 1.165) is 6.54 Å². The topological polar surface area (TPSA) is 8.81 Å². The molecule has 2 heteroatoms. The van der Waals surface area contributed by atoms with Gasteiger partial charge in [-0.3, -0.25) is 0 Å². The van der Waals surface area contributed by atoms with E-state index in [4.69, 9.17) is 0 Å². The summed E-state index contributed by atoms with van der Waals surface area (Å²) in [6.45, 7) is 5.34. The molecule has 0 fully saturated rings. The molecule has 0 atom stereocenters. The lowest BCUT2D eigenvalue weighted by atomic mass is 10.2. The van der Waals surface area contributed by atoms with Crippen molar-refractivity contribution >= 4 is 0 Å². The van der Waals surface area contributed by atoms with Crippen LogP contribution in [-0.4, -0.2) is 4.57 Å². The fourth-order valence-electron chi connectivity index (χ4n) is 2.67. The molecule has 0 N–H and O–H groups in total. The van der Waals surface area contributed by atoms with E-state index < -0.39 is 0 Å². The summed E-state index contributed by atoms with van der Waals surface area (Å²) in [5, 5.41) is 0. The molecule has 0 aliphatic heterocycles. The summed E-state index contributed by atoms with van der Waals surface area (Å²) in [6, 6.07) is 21.7. The van der Waals surface area contributed by atoms with Gasteiger partial charge < -0.3 is 0 Å². The maximum Gasteiger partial charge on any atom is 0.289 e. The van der Waals surface area contributed by atoms with Crippen LogP contribution in [0.5, 0.6) is 0 Å². The lowest BCUT2D eigenvalue weighted by Crippen LogP contribution is -2.37. The van der Waals surface area contributed by atoms with Crippen molar-refractivity contribution in [3.05, 3.63) is 78.6 Å². The van der Waals surface area contributed by atoms with Crippen molar-refractivity contribution in [3.63, 3.8) is 0 Å². The minimum absolute atomic E-state index is 0.442. The molecule has 0 bridgehead atoms. The highest BCUT2D eigenvalue weighted by Crippen LogP contribution is 2.18. The molecule has 0 spiro atoms. The van der Waals surface area contributed by atoms with Crippen LogP contribution in [0.15, 0.2) is 73.1 Å². The standard InChI is InChI=1S/C19H21N2/c1-16(2)21-14-13-20(15-17-9-5-3-6-10-17)19(21)18-11-7-4-8-12-18/h3-14,16H,15H2,1-2H3/q+1. The Bertz CT molecular complexity index is 697. The van der Waals surface area contributed by atoms with Gasteiger partial charge in [-0.15, -0.1) is 0 Å². The molecule has 0 saturated carbocycles. The average Bonchev–Trinajstić information content (AvgIpc) is 2.93. The first kappa shape index (κ1) is 13.6. The number of hydrogen-bond acceptors (Lipinski definition) is 0. The Labute approximate surface area is 126 Å². The van der Waals surface area contributed by atoms with E-state index in [1.807, 2.05) is 0 Å². The Kier molecular flexibility index (Phi) is 3.87. The van der Waals surface area contributed by atoms with Crippen LogP contribution in [0.4, 0.5) is 0 Å². The zero-order chi connectivity index (χ0) is 14.7. The summed E-state index contributed by atoms with van der Waals surface area (Å²) < 4.78 is 4.66. The van der Waals surface area contributed by atoms with Crippen molar-refractivity contribution in [3.8, 4) is 11.4 Å². The van der Waals surface area contributed by atoms with Crippen LogP contribution in [0.25, 0.3) is 11.4 Å². The molecule has 21 heavy (non-hydrogen) atoms. The minimum atomic E-state index is 0.442. The first-order valence-corrected chi connectivity index (χ1v) is 7.45. The molecule has 2 nitrogen and oxygen atoms in total. The van der Waals surface area contributed by atoms with Gasteiger partial charge in [-0.05, 0) is 31.5 Å². The first-order valence-electron chi connectivity index (χ1n) is 7.45. The monoisotopic (exact) mass is 277 g/mol. The van der Waals surface area contributed by atoms with E-state index in [2.05, 4.69) is 96.0 Å². The molecule has 106 valence electrons. The lowest BCUT2D eigenvalue weighted by molar-refractivity contribution is -0.705. The molecule has 0 amide bonds. The zero-order valence-electron chi connectivity index (χ0n) is 12.6. The van der Waals surface area contributed by atoms with Crippen LogP contribution < -0.4 is 4.57 Å². The number of benzene rings is 2. The van der Waals surface area contributed by atoms with Crippen molar-refractivity contribution < 1.29 is 4.57 Å². The highest BCUT2D eigenvalue weighted by atomic mass is 15.2. The van der Waals surface area contributed by atoms with Crippen LogP contribution in [0.3, 0.4) is 0 Å². The molecule has 0 saturated heterocycles. The molecule has 3 rings (SSSR count). The normalized spacial score (nSPS) is 11.0. The van der Waals surface area contributed by atoms with Crippen molar-refractivity contribution in [2.75, 3.05) is 0 Å². The summed E-state index contributed by atoms with van der Waals surface area (Å²) in [5.41, 5.74) is 2.58. The highest BCUT2D eigenvalue weighted by molar-refractivity contribution is 5.52. The predicted molar refractivity (Wildman–Crippen MR) is 86.0 cm³/mol. The maximum atomic E-state index is 2.33. The number of nitrogens with zero attached hydrogens (tertiary/aromatic N) is 2. The van der Waals surface area contributed by atoms with Gasteiger partial charge in [0, 0.05) is 0 Å². The average molecular weight is 277 g/mol. The molecule has 3 aromatic rings. The molecule has 1 aromatic heterocycles. The van der Waals surface area contributed by atoms with E-state index in [9.17, 15) is 0 Å². The fraction of sp³-hybridized carbons (Fsp3) is 0.211. The van der Waals surface area contributed by atoms with Gasteiger partial charge in [0.25, 0.3) is 5.82 Å². The van der Waals surface area contributed by atoms with E-state index in [0.29, 0.717) is 6.04 Å². The number of imidazole rings is 1. The summed E-state index contributed by atoms with van der Waals surface area (Å²) in [5.74, 6) is 1.26. The van der Waals surface area contributed by atoms with Crippen molar-refractivity contribution in [1.82, 2.24) is 4.57 Å². The van der Waals surface area contributed by atoms with Gasteiger partial charge in [-0.25, -0.2) is 9.13 Å². The van der Waals surface area contributed by atoms with E-state index in [-0.39, 0.29) is 0 Å². The van der Waals surface area contributed by atoms with Gasteiger partial charge in [0.1, 0.15) is 18.9 Å². The number of aromatic nitrogens is 2. The molecule has 0 aliphatic carbocycles. The fourth-order valence-corrected chi connectivity index (χ4v) is 2.67. The molecular formula is C19H21N2+. The second-order valence-corrected chi connectivity index (χ2v) is 5.60. The van der Waals surface area contributed by atoms with Crippen molar-refractivity contribution in [1.29, 1.82) is 0 Å². The van der Waals surface area contributed by atoms with Gasteiger partial charge in [0.05, 0.1) is 11.6 Å². The van der Waals surface area contributed by atoms with Gasteiger partial charge in [-0.2, -0.15) is 0 Å². The predicted octanol–water partition coefficient (Wildman–Crippen LogP) is 4.07. The van der Waals surface area contributed by atoms with Gasteiger partial charge in [0.15, 0.2) is 0 Å². The SMILES string of the molecule is CC(C)[n+]1ccn(Cc2ccccc2)c1-c1ccccc1. The minimum Gasteiger partial charge on any atom is -0.228 e.